The number of allylic oxidation sites excluding steroid dienone is 2. The minimum Gasteiger partial charge on any atom is -0.146 e. The molecule has 0 aromatic heterocycles. The molecule has 0 saturated carbocycles. The minimum absolute atomic E-state index is 0.476. The van der Waals surface area contributed by atoms with E-state index in [9.17, 15) is 0 Å². The van der Waals surface area contributed by atoms with Gasteiger partial charge in [0.1, 0.15) is 0 Å². The second kappa shape index (κ2) is 3.30. The molecule has 0 fully saturated rings. The van der Waals surface area contributed by atoms with Crippen LogP contribution in [0.3, 0.4) is 0 Å². The quantitative estimate of drug-likeness (QED) is 0.664. The maximum atomic E-state index is 2.60. The molecule has 1 heterocycles. The third kappa shape index (κ3) is 2.02. The third-order valence-electron chi connectivity index (χ3n) is 1.46. The summed E-state index contributed by atoms with van der Waals surface area (Å²) >= 11 is 2.60. The Balaban J connectivity index is 2.64. The molecule has 0 saturated heterocycles. The van der Waals surface area contributed by atoms with E-state index in [-0.39, 0.29) is 0 Å². The smallest absolute Gasteiger partial charge is 0.00755 e. The van der Waals surface area contributed by atoms with Crippen LogP contribution < -0.4 is 0 Å². The SMILES string of the molecule is CCCS1(I)C=CC(C)=C1. The van der Waals surface area contributed by atoms with Gasteiger partial charge in [-0.05, 0) is 56.7 Å². The lowest BCUT2D eigenvalue weighted by Crippen LogP contribution is -1.85. The van der Waals surface area contributed by atoms with Crippen LogP contribution in [0.5, 0.6) is 0 Å². The van der Waals surface area contributed by atoms with E-state index in [0.29, 0.717) is 0 Å². The van der Waals surface area contributed by atoms with Crippen molar-refractivity contribution in [3.63, 3.8) is 0 Å². The van der Waals surface area contributed by atoms with E-state index >= 15 is 0 Å². The van der Waals surface area contributed by atoms with Crippen molar-refractivity contribution in [2.45, 2.75) is 20.3 Å². The molecule has 10 heavy (non-hydrogen) atoms. The second-order valence-corrected chi connectivity index (χ2v) is 9.97. The summed E-state index contributed by atoms with van der Waals surface area (Å²) in [7, 11) is -0.476. The lowest BCUT2D eigenvalue weighted by molar-refractivity contribution is 1.11. The van der Waals surface area contributed by atoms with Crippen molar-refractivity contribution in [3.8, 4) is 0 Å². The predicted octanol–water partition coefficient (Wildman–Crippen LogP) is 3.98. The molecule has 0 aromatic rings. The number of rotatable bonds is 2. The monoisotopic (exact) mass is 268 g/mol. The van der Waals surface area contributed by atoms with Gasteiger partial charge in [0.25, 0.3) is 0 Å². The first-order valence-corrected chi connectivity index (χ1v) is 8.00. The van der Waals surface area contributed by atoms with Crippen LogP contribution in [0.15, 0.2) is 22.5 Å². The number of hydrogen-bond donors (Lipinski definition) is 0. The van der Waals surface area contributed by atoms with Gasteiger partial charge in [-0.15, -0.1) is 7.20 Å². The lowest BCUT2D eigenvalue weighted by atomic mass is 10.4. The van der Waals surface area contributed by atoms with Gasteiger partial charge in [-0.1, -0.05) is 13.0 Å². The van der Waals surface area contributed by atoms with E-state index in [2.05, 4.69) is 51.9 Å². The Kier molecular flexibility index (Phi) is 2.86. The van der Waals surface area contributed by atoms with Crippen LogP contribution in [0.25, 0.3) is 0 Å². The van der Waals surface area contributed by atoms with Crippen LogP contribution in [-0.2, 0) is 0 Å². The summed E-state index contributed by atoms with van der Waals surface area (Å²) in [5, 5.41) is 4.81. The van der Waals surface area contributed by atoms with E-state index < -0.39 is 7.20 Å². The van der Waals surface area contributed by atoms with E-state index in [1.807, 2.05) is 0 Å². The van der Waals surface area contributed by atoms with Crippen LogP contribution in [0.1, 0.15) is 20.3 Å². The van der Waals surface area contributed by atoms with Gasteiger partial charge in [0.05, 0.1) is 0 Å². The van der Waals surface area contributed by atoms with Crippen molar-refractivity contribution in [1.29, 1.82) is 0 Å². The Morgan fingerprint density at radius 3 is 2.70 bits per heavy atom. The zero-order valence-corrected chi connectivity index (χ0v) is 9.41. The van der Waals surface area contributed by atoms with Gasteiger partial charge in [-0.25, -0.2) is 0 Å². The minimum atomic E-state index is -0.476. The fourth-order valence-corrected chi connectivity index (χ4v) is 6.11. The van der Waals surface area contributed by atoms with Gasteiger partial charge in [0.2, 0.25) is 0 Å². The molecular weight excluding hydrogens is 255 g/mol. The van der Waals surface area contributed by atoms with Crippen molar-refractivity contribution >= 4 is 28.4 Å². The Morgan fingerprint density at radius 1 is 1.60 bits per heavy atom. The number of hydrogen-bond acceptors (Lipinski definition) is 0. The largest absolute Gasteiger partial charge is 0.146 e. The average molecular weight is 268 g/mol. The van der Waals surface area contributed by atoms with Crippen LogP contribution in [-0.4, -0.2) is 5.75 Å². The topological polar surface area (TPSA) is 0 Å². The van der Waals surface area contributed by atoms with Gasteiger partial charge >= 0.3 is 0 Å². The molecule has 0 spiro atoms. The molecule has 1 aliphatic rings. The second-order valence-electron chi connectivity index (χ2n) is 2.63. The fraction of sp³-hybridized carbons (Fsp3) is 0.500. The highest BCUT2D eigenvalue weighted by Crippen LogP contribution is 2.62. The summed E-state index contributed by atoms with van der Waals surface area (Å²) in [5.74, 6) is 1.35. The molecular formula is C8H13IS. The standard InChI is InChI=1S/C8H13IS/c1-3-5-10(9)6-4-8(2)7-10/h4,6-7H,3,5H2,1-2H3. The molecule has 0 bridgehead atoms. The molecule has 1 rings (SSSR count). The maximum Gasteiger partial charge on any atom is -0.00755 e. The van der Waals surface area contributed by atoms with Crippen LogP contribution in [0, 0.1) is 0 Å². The molecule has 0 aromatic carbocycles. The summed E-state index contributed by atoms with van der Waals surface area (Å²) in [6.07, 6.45) is 3.55. The van der Waals surface area contributed by atoms with Crippen molar-refractivity contribution < 1.29 is 0 Å². The molecule has 0 N–H and O–H groups in total. The van der Waals surface area contributed by atoms with Crippen molar-refractivity contribution in [2.24, 2.45) is 0 Å². The van der Waals surface area contributed by atoms with Gasteiger partial charge < -0.3 is 0 Å². The van der Waals surface area contributed by atoms with Crippen LogP contribution >= 0.6 is 28.4 Å². The van der Waals surface area contributed by atoms with Gasteiger partial charge in [0, 0.05) is 0 Å². The molecule has 0 nitrogen and oxygen atoms in total. The summed E-state index contributed by atoms with van der Waals surface area (Å²) in [4.78, 5) is 0. The Bertz CT molecular complexity index is 184. The maximum absolute atomic E-state index is 2.60. The highest BCUT2D eigenvalue weighted by atomic mass is 127. The molecule has 1 unspecified atom stereocenters. The Morgan fingerprint density at radius 2 is 2.30 bits per heavy atom. The predicted molar refractivity (Wildman–Crippen MR) is 59.7 cm³/mol. The summed E-state index contributed by atoms with van der Waals surface area (Å²) < 4.78 is 0. The first kappa shape index (κ1) is 8.65. The molecule has 1 atom stereocenters. The van der Waals surface area contributed by atoms with Crippen molar-refractivity contribution in [2.75, 3.05) is 5.75 Å². The average Bonchev–Trinajstić information content (AvgIpc) is 2.12. The summed E-state index contributed by atoms with van der Waals surface area (Å²) in [6.45, 7) is 4.43. The van der Waals surface area contributed by atoms with Gasteiger partial charge in [-0.2, -0.15) is 0 Å². The molecule has 0 amide bonds. The molecule has 58 valence electrons. The zero-order chi connectivity index (χ0) is 7.61. The summed E-state index contributed by atoms with van der Waals surface area (Å²) in [5.41, 5.74) is 1.44. The third-order valence-corrected chi connectivity index (χ3v) is 6.81. The molecule has 2 heteroatoms. The first-order chi connectivity index (χ1) is 4.66. The van der Waals surface area contributed by atoms with Crippen molar-refractivity contribution in [1.82, 2.24) is 0 Å². The highest BCUT2D eigenvalue weighted by Gasteiger charge is 2.16. The Hall–Kier alpha value is 0.560. The molecule has 1 aliphatic heterocycles. The van der Waals surface area contributed by atoms with E-state index in [1.54, 1.807) is 0 Å². The van der Waals surface area contributed by atoms with Crippen LogP contribution in [0.2, 0.25) is 0 Å². The number of halogens is 1. The van der Waals surface area contributed by atoms with Crippen LogP contribution in [0.4, 0.5) is 0 Å². The Labute approximate surface area is 76.7 Å². The van der Waals surface area contributed by atoms with Gasteiger partial charge in [-0.3, -0.25) is 0 Å². The fourth-order valence-electron chi connectivity index (χ4n) is 1.05. The highest BCUT2D eigenvalue weighted by molar-refractivity contribution is 14.2. The summed E-state index contributed by atoms with van der Waals surface area (Å²) in [6, 6.07) is 0. The van der Waals surface area contributed by atoms with Gasteiger partial charge in [0.15, 0.2) is 0 Å². The van der Waals surface area contributed by atoms with E-state index in [4.69, 9.17) is 0 Å². The molecule has 0 radical (unpaired) electrons. The van der Waals surface area contributed by atoms with E-state index in [1.165, 1.54) is 17.7 Å². The first-order valence-electron chi connectivity index (χ1n) is 3.53. The molecule has 0 aliphatic carbocycles. The van der Waals surface area contributed by atoms with E-state index in [0.717, 1.165) is 0 Å². The zero-order valence-electron chi connectivity index (χ0n) is 6.43. The lowest BCUT2D eigenvalue weighted by Gasteiger charge is -2.21. The normalized spacial score (nSPS) is 37.3. The van der Waals surface area contributed by atoms with Crippen molar-refractivity contribution in [3.05, 3.63) is 22.5 Å².